The van der Waals surface area contributed by atoms with Crippen molar-refractivity contribution >= 4 is 29.4 Å². The number of halogens is 1. The average Bonchev–Trinajstić information content (AvgIpc) is 3.52. The minimum absolute atomic E-state index is 0.0689. The fraction of sp³-hybridized carbons (Fsp3) is 0.310. The van der Waals surface area contributed by atoms with Gasteiger partial charge in [0.2, 0.25) is 0 Å². The molecule has 7 heteroatoms. The third kappa shape index (κ3) is 4.65. The lowest BCUT2D eigenvalue weighted by Gasteiger charge is -2.23. The van der Waals surface area contributed by atoms with Crippen molar-refractivity contribution in [2.24, 2.45) is 0 Å². The first-order chi connectivity index (χ1) is 17.4. The molecule has 1 saturated heterocycles. The van der Waals surface area contributed by atoms with E-state index in [-0.39, 0.29) is 18.9 Å². The molecule has 1 fully saturated rings. The van der Waals surface area contributed by atoms with Crippen molar-refractivity contribution in [3.8, 4) is 11.1 Å². The first-order valence-electron chi connectivity index (χ1n) is 12.3. The summed E-state index contributed by atoms with van der Waals surface area (Å²) in [6.07, 6.45) is 1.62. The lowest BCUT2D eigenvalue weighted by Crippen LogP contribution is -2.43. The number of hydrogen-bond acceptors (Lipinski definition) is 4. The Hall–Kier alpha value is -3.51. The van der Waals surface area contributed by atoms with Gasteiger partial charge in [-0.15, -0.1) is 0 Å². The maximum atomic E-state index is 12.7. The number of rotatable bonds is 7. The molecule has 3 aromatic rings. The van der Waals surface area contributed by atoms with Gasteiger partial charge in [0.05, 0.1) is 0 Å². The number of hydrogen-bond donors (Lipinski definition) is 2. The summed E-state index contributed by atoms with van der Waals surface area (Å²) in [5.74, 6) is -1.23. The molecule has 0 saturated carbocycles. The topological polar surface area (TPSA) is 78.9 Å². The summed E-state index contributed by atoms with van der Waals surface area (Å²) < 4.78 is 5.55. The number of anilines is 1. The van der Waals surface area contributed by atoms with Crippen LogP contribution in [0.1, 0.15) is 41.0 Å². The van der Waals surface area contributed by atoms with Gasteiger partial charge in [-0.1, -0.05) is 66.2 Å². The number of alkyl carbamates (subject to hydrolysis) is 1. The Labute approximate surface area is 215 Å². The Balaban J connectivity index is 1.26. The number of ether oxygens (including phenoxy) is 1. The number of benzene rings is 3. The summed E-state index contributed by atoms with van der Waals surface area (Å²) in [6, 6.07) is 18.8. The Bertz CT molecular complexity index is 1260. The molecule has 186 valence electrons. The second-order valence-electron chi connectivity index (χ2n) is 9.44. The Morgan fingerprint density at radius 1 is 1.03 bits per heavy atom. The molecule has 1 unspecified atom stereocenters. The number of nitrogens with one attached hydrogen (secondary N) is 1. The van der Waals surface area contributed by atoms with Crippen LogP contribution < -0.4 is 10.2 Å². The smallest absolute Gasteiger partial charge is 0.407 e. The van der Waals surface area contributed by atoms with Crippen molar-refractivity contribution in [3.05, 3.63) is 87.9 Å². The number of carbonyl (C=O) groups excluding carboxylic acids is 1. The summed E-state index contributed by atoms with van der Waals surface area (Å²) >= 11 is 6.64. The summed E-state index contributed by atoms with van der Waals surface area (Å²) in [6.45, 7) is 4.07. The van der Waals surface area contributed by atoms with Crippen molar-refractivity contribution < 1.29 is 19.4 Å². The largest absolute Gasteiger partial charge is 0.480 e. The van der Waals surface area contributed by atoms with Crippen molar-refractivity contribution in [2.75, 3.05) is 24.6 Å². The average molecular weight is 505 g/mol. The molecule has 1 heterocycles. The molecule has 3 aromatic carbocycles. The summed E-state index contributed by atoms with van der Waals surface area (Å²) in [5, 5.41) is 12.9. The molecule has 1 aliphatic heterocycles. The highest BCUT2D eigenvalue weighted by atomic mass is 35.5. The Morgan fingerprint density at radius 2 is 1.64 bits per heavy atom. The van der Waals surface area contributed by atoms with Gasteiger partial charge in [0.1, 0.15) is 12.6 Å². The van der Waals surface area contributed by atoms with Crippen molar-refractivity contribution in [2.45, 2.75) is 38.1 Å². The molecular weight excluding hydrogens is 476 g/mol. The number of fused-ring (bicyclic) bond motifs is 3. The highest BCUT2D eigenvalue weighted by Gasteiger charge is 2.30. The van der Waals surface area contributed by atoms with Gasteiger partial charge in [0.15, 0.2) is 0 Å². The number of carbonyl (C=O) groups is 2. The second-order valence-corrected chi connectivity index (χ2v) is 9.82. The summed E-state index contributed by atoms with van der Waals surface area (Å²) in [5.41, 5.74) is 7.16. The van der Waals surface area contributed by atoms with Crippen molar-refractivity contribution in [1.82, 2.24) is 5.32 Å². The van der Waals surface area contributed by atoms with Gasteiger partial charge >= 0.3 is 12.1 Å². The first-order valence-corrected chi connectivity index (χ1v) is 12.7. The molecule has 6 nitrogen and oxygen atoms in total. The Kier molecular flexibility index (Phi) is 6.88. The van der Waals surface area contributed by atoms with Gasteiger partial charge in [0.25, 0.3) is 0 Å². The predicted molar refractivity (Wildman–Crippen MR) is 141 cm³/mol. The molecule has 0 radical (unpaired) electrons. The van der Waals surface area contributed by atoms with Crippen LogP contribution in [-0.2, 0) is 16.0 Å². The van der Waals surface area contributed by atoms with Gasteiger partial charge in [-0.2, -0.15) is 0 Å². The molecule has 1 atom stereocenters. The molecular formula is C29H29ClN2O4. The number of carboxylic acids is 1. The molecule has 0 spiro atoms. The Morgan fingerprint density at radius 3 is 2.25 bits per heavy atom. The van der Waals surface area contributed by atoms with E-state index in [0.29, 0.717) is 10.6 Å². The van der Waals surface area contributed by atoms with Crippen LogP contribution in [0.15, 0.2) is 60.7 Å². The van der Waals surface area contributed by atoms with Crippen molar-refractivity contribution in [3.63, 3.8) is 0 Å². The highest BCUT2D eigenvalue weighted by Crippen LogP contribution is 2.44. The number of amides is 1. The van der Waals surface area contributed by atoms with Gasteiger partial charge in [0, 0.05) is 36.1 Å². The second kappa shape index (κ2) is 10.2. The van der Waals surface area contributed by atoms with Crippen LogP contribution in [-0.4, -0.2) is 42.9 Å². The maximum Gasteiger partial charge on any atom is 0.407 e. The molecule has 36 heavy (non-hydrogen) atoms. The van der Waals surface area contributed by atoms with E-state index in [1.54, 1.807) is 0 Å². The van der Waals surface area contributed by atoms with E-state index in [2.05, 4.69) is 22.3 Å². The van der Waals surface area contributed by atoms with E-state index in [9.17, 15) is 14.7 Å². The fourth-order valence-corrected chi connectivity index (χ4v) is 5.63. The van der Waals surface area contributed by atoms with E-state index in [0.717, 1.165) is 59.4 Å². The lowest BCUT2D eigenvalue weighted by molar-refractivity contribution is -0.139. The lowest BCUT2D eigenvalue weighted by atomic mass is 9.98. The first kappa shape index (κ1) is 24.2. The molecule has 2 aliphatic rings. The van der Waals surface area contributed by atoms with E-state index >= 15 is 0 Å². The zero-order valence-electron chi connectivity index (χ0n) is 20.2. The van der Waals surface area contributed by atoms with Crippen LogP contribution in [0.4, 0.5) is 10.5 Å². The quantitative estimate of drug-likeness (QED) is 0.426. The third-order valence-corrected chi connectivity index (χ3v) is 7.77. The summed E-state index contributed by atoms with van der Waals surface area (Å²) in [7, 11) is 0. The number of nitrogens with zero attached hydrogens (tertiary/aromatic N) is 1. The summed E-state index contributed by atoms with van der Waals surface area (Å²) in [4.78, 5) is 27.0. The standard InChI is InChI=1S/C29H29ClN2O4/c1-18-26(32-14-6-7-15-32)13-12-19(27(18)30)16-25(28(33)34)31-29(35)36-17-24-22-10-4-2-8-20(22)21-9-3-5-11-23(21)24/h2-5,8-13,24-25H,6-7,14-17H2,1H3,(H,31,35)(H,33,34). The number of aliphatic carboxylic acids is 1. The molecule has 5 rings (SSSR count). The minimum Gasteiger partial charge on any atom is -0.480 e. The SMILES string of the molecule is Cc1c(N2CCCC2)ccc(CC(NC(=O)OCC2c3ccccc3-c3ccccc32)C(=O)O)c1Cl. The van der Waals surface area contributed by atoms with Gasteiger partial charge in [-0.3, -0.25) is 0 Å². The molecule has 2 N–H and O–H groups in total. The predicted octanol–water partition coefficient (Wildman–Crippen LogP) is 5.78. The van der Waals surface area contributed by atoms with Crippen molar-refractivity contribution in [1.29, 1.82) is 0 Å². The fourth-order valence-electron chi connectivity index (χ4n) is 5.39. The van der Waals surface area contributed by atoms with Crippen LogP contribution in [0, 0.1) is 6.92 Å². The van der Waals surface area contributed by atoms with E-state index in [1.807, 2.05) is 55.5 Å². The van der Waals surface area contributed by atoms with Gasteiger partial charge < -0.3 is 20.1 Å². The van der Waals surface area contributed by atoms with E-state index < -0.39 is 18.1 Å². The van der Waals surface area contributed by atoms with Crippen LogP contribution in [0.25, 0.3) is 11.1 Å². The minimum atomic E-state index is -1.16. The van der Waals surface area contributed by atoms with Crippen LogP contribution in [0.3, 0.4) is 0 Å². The van der Waals surface area contributed by atoms with Crippen LogP contribution in [0.2, 0.25) is 5.02 Å². The molecule has 0 aromatic heterocycles. The number of carboxylic acid groups (broad SMARTS) is 1. The highest BCUT2D eigenvalue weighted by molar-refractivity contribution is 6.32. The van der Waals surface area contributed by atoms with Crippen LogP contribution >= 0.6 is 11.6 Å². The normalized spacial score (nSPS) is 15.3. The maximum absolute atomic E-state index is 12.7. The molecule has 1 amide bonds. The van der Waals surface area contributed by atoms with E-state index in [4.69, 9.17) is 16.3 Å². The van der Waals surface area contributed by atoms with Gasteiger partial charge in [-0.25, -0.2) is 9.59 Å². The molecule has 1 aliphatic carbocycles. The zero-order chi connectivity index (χ0) is 25.2. The van der Waals surface area contributed by atoms with Crippen LogP contribution in [0.5, 0.6) is 0 Å². The van der Waals surface area contributed by atoms with E-state index in [1.165, 1.54) is 0 Å². The molecule has 0 bridgehead atoms. The van der Waals surface area contributed by atoms with Gasteiger partial charge in [-0.05, 0) is 59.2 Å². The monoisotopic (exact) mass is 504 g/mol. The zero-order valence-corrected chi connectivity index (χ0v) is 20.9. The third-order valence-electron chi connectivity index (χ3n) is 7.24.